The molecule has 0 radical (unpaired) electrons. The molecule has 5 heteroatoms. The SMILES string of the molecule is CN(CC1(O)CCNC1)C(=O)NC1CC1. The third kappa shape index (κ3) is 2.82. The smallest absolute Gasteiger partial charge is 0.317 e. The molecule has 0 bridgehead atoms. The number of carbonyl (C=O) groups excluding carboxylic acids is 1. The molecule has 1 aliphatic heterocycles. The summed E-state index contributed by atoms with van der Waals surface area (Å²) < 4.78 is 0. The average molecular weight is 213 g/mol. The maximum Gasteiger partial charge on any atom is 0.317 e. The van der Waals surface area contributed by atoms with E-state index in [9.17, 15) is 9.90 Å². The van der Waals surface area contributed by atoms with Crippen molar-refractivity contribution in [3.8, 4) is 0 Å². The molecule has 1 saturated carbocycles. The Morgan fingerprint density at radius 2 is 2.40 bits per heavy atom. The Morgan fingerprint density at radius 3 is 2.93 bits per heavy atom. The molecule has 86 valence electrons. The highest BCUT2D eigenvalue weighted by Crippen LogP contribution is 2.19. The molecule has 1 aliphatic carbocycles. The van der Waals surface area contributed by atoms with Gasteiger partial charge in [0.25, 0.3) is 0 Å². The number of aliphatic hydroxyl groups is 1. The normalized spacial score (nSPS) is 30.3. The van der Waals surface area contributed by atoms with Gasteiger partial charge in [0, 0.05) is 19.6 Å². The number of hydrogen-bond donors (Lipinski definition) is 3. The molecule has 2 amide bonds. The lowest BCUT2D eigenvalue weighted by Gasteiger charge is -2.28. The van der Waals surface area contributed by atoms with E-state index < -0.39 is 5.60 Å². The molecule has 2 fully saturated rings. The highest BCUT2D eigenvalue weighted by atomic mass is 16.3. The molecule has 15 heavy (non-hydrogen) atoms. The maximum atomic E-state index is 11.6. The van der Waals surface area contributed by atoms with Gasteiger partial charge in [0.1, 0.15) is 0 Å². The first-order valence-electron chi connectivity index (χ1n) is 5.54. The molecule has 1 saturated heterocycles. The van der Waals surface area contributed by atoms with Gasteiger partial charge in [-0.25, -0.2) is 4.79 Å². The maximum absolute atomic E-state index is 11.6. The summed E-state index contributed by atoms with van der Waals surface area (Å²) in [5.41, 5.74) is -0.740. The molecule has 2 rings (SSSR count). The first kappa shape index (κ1) is 10.7. The number of urea groups is 1. The van der Waals surface area contributed by atoms with E-state index in [1.165, 1.54) is 0 Å². The van der Waals surface area contributed by atoms with Crippen molar-refractivity contribution in [1.82, 2.24) is 15.5 Å². The zero-order valence-corrected chi connectivity index (χ0v) is 9.12. The molecular formula is C10H19N3O2. The molecule has 0 aromatic heterocycles. The topological polar surface area (TPSA) is 64.6 Å². The summed E-state index contributed by atoms with van der Waals surface area (Å²) in [5, 5.41) is 16.1. The van der Waals surface area contributed by atoms with Crippen LogP contribution >= 0.6 is 0 Å². The fraction of sp³-hybridized carbons (Fsp3) is 0.900. The molecule has 1 atom stereocenters. The molecule has 0 spiro atoms. The minimum absolute atomic E-state index is 0.0715. The molecule has 0 aromatic carbocycles. The van der Waals surface area contributed by atoms with E-state index >= 15 is 0 Å². The van der Waals surface area contributed by atoms with Gasteiger partial charge >= 0.3 is 6.03 Å². The van der Waals surface area contributed by atoms with Crippen LogP contribution in [-0.4, -0.2) is 54.4 Å². The van der Waals surface area contributed by atoms with Crippen LogP contribution in [0.3, 0.4) is 0 Å². The number of nitrogens with zero attached hydrogens (tertiary/aromatic N) is 1. The van der Waals surface area contributed by atoms with E-state index in [0.29, 0.717) is 25.6 Å². The van der Waals surface area contributed by atoms with Crippen molar-refractivity contribution < 1.29 is 9.90 Å². The van der Waals surface area contributed by atoms with E-state index in [4.69, 9.17) is 0 Å². The largest absolute Gasteiger partial charge is 0.387 e. The Morgan fingerprint density at radius 1 is 1.67 bits per heavy atom. The van der Waals surface area contributed by atoms with Crippen LogP contribution < -0.4 is 10.6 Å². The van der Waals surface area contributed by atoms with Gasteiger partial charge < -0.3 is 20.6 Å². The number of hydrogen-bond acceptors (Lipinski definition) is 3. The van der Waals surface area contributed by atoms with Crippen molar-refractivity contribution in [2.45, 2.75) is 30.9 Å². The second-order valence-corrected chi connectivity index (χ2v) is 4.73. The van der Waals surface area contributed by atoms with Crippen molar-refractivity contribution in [1.29, 1.82) is 0 Å². The van der Waals surface area contributed by atoms with Gasteiger partial charge in [-0.3, -0.25) is 0 Å². The van der Waals surface area contributed by atoms with Gasteiger partial charge in [0.2, 0.25) is 0 Å². The van der Waals surface area contributed by atoms with Crippen molar-refractivity contribution >= 4 is 6.03 Å². The summed E-state index contributed by atoms with van der Waals surface area (Å²) in [6.07, 6.45) is 2.89. The second kappa shape index (κ2) is 3.98. The van der Waals surface area contributed by atoms with Crippen molar-refractivity contribution in [3.05, 3.63) is 0 Å². The highest BCUT2D eigenvalue weighted by molar-refractivity contribution is 5.74. The number of amides is 2. The summed E-state index contributed by atoms with van der Waals surface area (Å²) in [5.74, 6) is 0. The Hall–Kier alpha value is -0.810. The van der Waals surface area contributed by atoms with Crippen LogP contribution in [0.5, 0.6) is 0 Å². The molecular weight excluding hydrogens is 194 g/mol. The fourth-order valence-electron chi connectivity index (χ4n) is 1.89. The number of likely N-dealkylation sites (N-methyl/N-ethyl adjacent to an activating group) is 1. The number of nitrogens with one attached hydrogen (secondary N) is 2. The van der Waals surface area contributed by atoms with E-state index in [2.05, 4.69) is 10.6 Å². The average Bonchev–Trinajstić information content (AvgIpc) is 2.88. The van der Waals surface area contributed by atoms with Crippen molar-refractivity contribution in [3.63, 3.8) is 0 Å². The first-order valence-corrected chi connectivity index (χ1v) is 5.54. The van der Waals surface area contributed by atoms with Crippen molar-refractivity contribution in [2.75, 3.05) is 26.7 Å². The highest BCUT2D eigenvalue weighted by Gasteiger charge is 2.34. The minimum atomic E-state index is -0.740. The minimum Gasteiger partial charge on any atom is -0.387 e. The number of β-amino-alcohol motifs (C(OH)–C–C–N with tert-alkyl or cyclic N) is 1. The first-order chi connectivity index (χ1) is 7.09. The van der Waals surface area contributed by atoms with Crippen LogP contribution in [0.2, 0.25) is 0 Å². The van der Waals surface area contributed by atoms with Crippen molar-refractivity contribution in [2.24, 2.45) is 0 Å². The Balaban J connectivity index is 1.79. The lowest BCUT2D eigenvalue weighted by molar-refractivity contribution is 0.0368. The Labute approximate surface area is 89.8 Å². The molecule has 2 aliphatic rings. The summed E-state index contributed by atoms with van der Waals surface area (Å²) >= 11 is 0. The van der Waals surface area contributed by atoms with Crippen LogP contribution in [0.15, 0.2) is 0 Å². The van der Waals surface area contributed by atoms with Gasteiger partial charge in [0.05, 0.1) is 12.1 Å². The second-order valence-electron chi connectivity index (χ2n) is 4.73. The summed E-state index contributed by atoms with van der Waals surface area (Å²) in [4.78, 5) is 13.2. The van der Waals surface area contributed by atoms with Crippen LogP contribution in [0.4, 0.5) is 4.79 Å². The lowest BCUT2D eigenvalue weighted by Crippen LogP contribution is -2.48. The third-order valence-electron chi connectivity index (χ3n) is 3.00. The van der Waals surface area contributed by atoms with Crippen LogP contribution in [0.25, 0.3) is 0 Å². The predicted molar refractivity (Wildman–Crippen MR) is 56.6 cm³/mol. The molecule has 0 aromatic rings. The van der Waals surface area contributed by atoms with Gasteiger partial charge in [0.15, 0.2) is 0 Å². The van der Waals surface area contributed by atoms with Gasteiger partial charge in [-0.2, -0.15) is 0 Å². The van der Waals surface area contributed by atoms with E-state index in [-0.39, 0.29) is 6.03 Å². The monoisotopic (exact) mass is 213 g/mol. The summed E-state index contributed by atoms with van der Waals surface area (Å²) in [6, 6.07) is 0.300. The third-order valence-corrected chi connectivity index (χ3v) is 3.00. The quantitative estimate of drug-likeness (QED) is 0.593. The zero-order chi connectivity index (χ0) is 10.9. The summed E-state index contributed by atoms with van der Waals surface area (Å²) in [6.45, 7) is 1.81. The van der Waals surface area contributed by atoms with E-state index in [0.717, 1.165) is 19.4 Å². The van der Waals surface area contributed by atoms with Crippen LogP contribution in [0.1, 0.15) is 19.3 Å². The van der Waals surface area contributed by atoms with Gasteiger partial charge in [-0.15, -0.1) is 0 Å². The Bertz CT molecular complexity index is 247. The van der Waals surface area contributed by atoms with E-state index in [1.807, 2.05) is 0 Å². The van der Waals surface area contributed by atoms with Crippen LogP contribution in [-0.2, 0) is 0 Å². The lowest BCUT2D eigenvalue weighted by atomic mass is 10.0. The molecule has 5 nitrogen and oxygen atoms in total. The molecule has 1 heterocycles. The fourth-order valence-corrected chi connectivity index (χ4v) is 1.89. The molecule has 1 unspecified atom stereocenters. The van der Waals surface area contributed by atoms with E-state index in [1.54, 1.807) is 11.9 Å². The number of rotatable bonds is 3. The molecule has 3 N–H and O–H groups in total. The predicted octanol–water partition coefficient (Wildman–Crippen LogP) is -0.485. The summed E-state index contributed by atoms with van der Waals surface area (Å²) in [7, 11) is 1.73. The van der Waals surface area contributed by atoms with Gasteiger partial charge in [-0.05, 0) is 25.8 Å². The standard InChI is InChI=1S/C10H19N3O2/c1-13(9(14)12-8-2-3-8)7-10(15)4-5-11-6-10/h8,11,15H,2-7H2,1H3,(H,12,14). The Kier molecular flexibility index (Phi) is 2.84. The van der Waals surface area contributed by atoms with Crippen LogP contribution in [0, 0.1) is 0 Å². The van der Waals surface area contributed by atoms with Gasteiger partial charge in [-0.1, -0.05) is 0 Å². The number of carbonyl (C=O) groups is 1. The zero-order valence-electron chi connectivity index (χ0n) is 9.12.